The molecule has 0 radical (unpaired) electrons. The Kier molecular flexibility index (Phi) is 5.19. The molecule has 0 N–H and O–H groups in total. The lowest BCUT2D eigenvalue weighted by atomic mass is 9.92. The van der Waals surface area contributed by atoms with E-state index in [1.165, 1.54) is 0 Å². The Labute approximate surface area is 164 Å². The van der Waals surface area contributed by atoms with Crippen LogP contribution in [0, 0.1) is 6.92 Å². The number of hydrogen-bond donors (Lipinski definition) is 0. The van der Waals surface area contributed by atoms with Crippen molar-refractivity contribution in [2.24, 2.45) is 0 Å². The maximum Gasteiger partial charge on any atom is 0.272 e. The van der Waals surface area contributed by atoms with Crippen LogP contribution in [-0.4, -0.2) is 39.0 Å². The number of rotatable bonds is 4. The molecule has 1 aliphatic heterocycles. The van der Waals surface area contributed by atoms with Crippen LogP contribution in [-0.2, 0) is 6.42 Å². The number of piperidine rings is 1. The summed E-state index contributed by atoms with van der Waals surface area (Å²) in [6, 6.07) is 11.6. The number of pyridine rings is 2. The van der Waals surface area contributed by atoms with E-state index in [0.29, 0.717) is 11.6 Å². The molecule has 1 aliphatic rings. The van der Waals surface area contributed by atoms with Gasteiger partial charge in [0.15, 0.2) is 0 Å². The van der Waals surface area contributed by atoms with Crippen LogP contribution in [0.25, 0.3) is 11.3 Å². The van der Waals surface area contributed by atoms with Crippen LogP contribution in [0.1, 0.15) is 53.3 Å². The predicted molar refractivity (Wildman–Crippen MR) is 106 cm³/mol. The second-order valence-corrected chi connectivity index (χ2v) is 7.15. The largest absolute Gasteiger partial charge is 0.360 e. The van der Waals surface area contributed by atoms with Crippen molar-refractivity contribution in [3.63, 3.8) is 0 Å². The van der Waals surface area contributed by atoms with Crippen LogP contribution in [0.15, 0.2) is 47.1 Å². The minimum absolute atomic E-state index is 0.00782. The van der Waals surface area contributed by atoms with E-state index in [4.69, 9.17) is 9.51 Å². The smallest absolute Gasteiger partial charge is 0.272 e. The van der Waals surface area contributed by atoms with E-state index >= 15 is 0 Å². The fourth-order valence-electron chi connectivity index (χ4n) is 3.83. The van der Waals surface area contributed by atoms with Crippen LogP contribution < -0.4 is 0 Å². The van der Waals surface area contributed by atoms with Crippen molar-refractivity contribution in [3.8, 4) is 11.3 Å². The highest BCUT2D eigenvalue weighted by Crippen LogP contribution is 2.31. The molecule has 0 spiro atoms. The first kappa shape index (κ1) is 18.3. The molecule has 144 valence electrons. The van der Waals surface area contributed by atoms with Gasteiger partial charge < -0.3 is 9.42 Å². The van der Waals surface area contributed by atoms with Crippen LogP contribution >= 0.6 is 0 Å². The van der Waals surface area contributed by atoms with Gasteiger partial charge in [-0.3, -0.25) is 14.8 Å². The first-order valence-corrected chi connectivity index (χ1v) is 9.80. The number of aromatic nitrogens is 3. The van der Waals surface area contributed by atoms with Gasteiger partial charge in [0.1, 0.15) is 11.5 Å². The van der Waals surface area contributed by atoms with Crippen LogP contribution in [0.4, 0.5) is 0 Å². The SMILES string of the molecule is CCc1onc(C)c1-c1cccc(C2CCN(C(=O)c3ccccn3)CC2)n1. The third kappa shape index (κ3) is 3.54. The van der Waals surface area contributed by atoms with Crippen molar-refractivity contribution >= 4 is 5.91 Å². The zero-order chi connectivity index (χ0) is 19.5. The van der Waals surface area contributed by atoms with E-state index in [1.807, 2.05) is 30.0 Å². The first-order valence-electron chi connectivity index (χ1n) is 9.80. The number of carbonyl (C=O) groups is 1. The molecule has 0 aliphatic carbocycles. The van der Waals surface area contributed by atoms with Gasteiger partial charge in [-0.2, -0.15) is 0 Å². The van der Waals surface area contributed by atoms with Crippen LogP contribution in [0.3, 0.4) is 0 Å². The van der Waals surface area contributed by atoms with Crippen LogP contribution in [0.5, 0.6) is 0 Å². The molecule has 0 unspecified atom stereocenters. The summed E-state index contributed by atoms with van der Waals surface area (Å²) >= 11 is 0. The molecular formula is C22H24N4O2. The van der Waals surface area contributed by atoms with Crippen molar-refractivity contribution < 1.29 is 9.32 Å². The maximum atomic E-state index is 12.6. The zero-order valence-corrected chi connectivity index (χ0v) is 16.3. The highest BCUT2D eigenvalue weighted by Gasteiger charge is 2.26. The minimum Gasteiger partial charge on any atom is -0.360 e. The molecule has 0 atom stereocenters. The molecule has 1 fully saturated rings. The van der Waals surface area contributed by atoms with Gasteiger partial charge in [-0.05, 0) is 44.0 Å². The molecule has 4 rings (SSSR count). The number of likely N-dealkylation sites (tertiary alicyclic amines) is 1. The average Bonchev–Trinajstić information content (AvgIpc) is 3.14. The summed E-state index contributed by atoms with van der Waals surface area (Å²) in [5.41, 5.74) is 4.38. The number of amides is 1. The summed E-state index contributed by atoms with van der Waals surface area (Å²) in [7, 11) is 0. The Morgan fingerprint density at radius 2 is 2.00 bits per heavy atom. The summed E-state index contributed by atoms with van der Waals surface area (Å²) in [5.74, 6) is 1.23. The molecular weight excluding hydrogens is 352 g/mol. The molecule has 0 saturated carbocycles. The van der Waals surface area contributed by atoms with Gasteiger partial charge >= 0.3 is 0 Å². The quantitative estimate of drug-likeness (QED) is 0.688. The summed E-state index contributed by atoms with van der Waals surface area (Å²) in [6.07, 6.45) is 4.25. The second kappa shape index (κ2) is 7.92. The van der Waals surface area contributed by atoms with Crippen molar-refractivity contribution in [3.05, 3.63) is 65.4 Å². The monoisotopic (exact) mass is 376 g/mol. The molecule has 4 heterocycles. The van der Waals surface area contributed by atoms with E-state index in [-0.39, 0.29) is 5.91 Å². The van der Waals surface area contributed by atoms with Gasteiger partial charge in [-0.1, -0.05) is 24.2 Å². The van der Waals surface area contributed by atoms with Crippen molar-refractivity contribution in [2.45, 2.75) is 39.0 Å². The number of hydrogen-bond acceptors (Lipinski definition) is 5. The summed E-state index contributed by atoms with van der Waals surface area (Å²) in [4.78, 5) is 23.6. The zero-order valence-electron chi connectivity index (χ0n) is 16.3. The molecule has 28 heavy (non-hydrogen) atoms. The lowest BCUT2D eigenvalue weighted by Gasteiger charge is -2.31. The topological polar surface area (TPSA) is 72.1 Å². The fraction of sp³-hybridized carbons (Fsp3) is 0.364. The van der Waals surface area contributed by atoms with Gasteiger partial charge in [0, 0.05) is 37.3 Å². The molecule has 6 heteroatoms. The minimum atomic E-state index is 0.00782. The molecule has 6 nitrogen and oxygen atoms in total. The van der Waals surface area contributed by atoms with E-state index in [2.05, 4.69) is 29.2 Å². The average molecular weight is 376 g/mol. The van der Waals surface area contributed by atoms with Gasteiger partial charge in [0.25, 0.3) is 5.91 Å². The predicted octanol–water partition coefficient (Wildman–Crippen LogP) is 4.02. The van der Waals surface area contributed by atoms with Crippen molar-refractivity contribution in [1.82, 2.24) is 20.0 Å². The number of nitrogens with zero attached hydrogens (tertiary/aromatic N) is 4. The lowest BCUT2D eigenvalue weighted by molar-refractivity contribution is 0.0706. The van der Waals surface area contributed by atoms with Gasteiger partial charge in [-0.15, -0.1) is 0 Å². The number of carbonyl (C=O) groups excluding carboxylic acids is 1. The van der Waals surface area contributed by atoms with E-state index in [0.717, 1.165) is 60.8 Å². The molecule has 0 aromatic carbocycles. The highest BCUT2D eigenvalue weighted by atomic mass is 16.5. The molecule has 3 aromatic heterocycles. The summed E-state index contributed by atoms with van der Waals surface area (Å²) in [5, 5.41) is 4.10. The fourth-order valence-corrected chi connectivity index (χ4v) is 3.83. The first-order chi connectivity index (χ1) is 13.7. The standard InChI is InChI=1S/C22H24N4O2/c1-3-20-21(15(2)25-28-20)18-9-6-8-17(24-18)16-10-13-26(14-11-16)22(27)19-7-4-5-12-23-19/h4-9,12,16H,3,10-11,13-14H2,1-2H3. The van der Waals surface area contributed by atoms with Gasteiger partial charge in [0.05, 0.1) is 17.0 Å². The van der Waals surface area contributed by atoms with Crippen LogP contribution in [0.2, 0.25) is 0 Å². The Balaban J connectivity index is 1.48. The van der Waals surface area contributed by atoms with Crippen molar-refractivity contribution in [1.29, 1.82) is 0 Å². The molecule has 3 aromatic rings. The third-order valence-corrected chi connectivity index (χ3v) is 5.37. The summed E-state index contributed by atoms with van der Waals surface area (Å²) < 4.78 is 5.43. The molecule has 1 saturated heterocycles. The van der Waals surface area contributed by atoms with E-state index in [9.17, 15) is 4.79 Å². The lowest BCUT2D eigenvalue weighted by Crippen LogP contribution is -2.38. The van der Waals surface area contributed by atoms with Gasteiger partial charge in [0.2, 0.25) is 0 Å². The van der Waals surface area contributed by atoms with Gasteiger partial charge in [-0.25, -0.2) is 0 Å². The van der Waals surface area contributed by atoms with E-state index in [1.54, 1.807) is 12.3 Å². The Morgan fingerprint density at radius 1 is 1.18 bits per heavy atom. The Morgan fingerprint density at radius 3 is 2.71 bits per heavy atom. The van der Waals surface area contributed by atoms with Crippen molar-refractivity contribution in [2.75, 3.05) is 13.1 Å². The maximum absolute atomic E-state index is 12.6. The third-order valence-electron chi connectivity index (χ3n) is 5.37. The molecule has 1 amide bonds. The second-order valence-electron chi connectivity index (χ2n) is 7.15. The highest BCUT2D eigenvalue weighted by molar-refractivity contribution is 5.92. The number of aryl methyl sites for hydroxylation is 2. The van der Waals surface area contributed by atoms with E-state index < -0.39 is 0 Å². The summed E-state index contributed by atoms with van der Waals surface area (Å²) in [6.45, 7) is 5.45. The molecule has 0 bridgehead atoms. The Bertz CT molecular complexity index is 960. The Hall–Kier alpha value is -3.02. The normalized spacial score (nSPS) is 15.0.